The maximum Gasteiger partial charge on any atom is 0.319 e. The number of hydrogen-bond acceptors (Lipinski definition) is 3. The van der Waals surface area contributed by atoms with E-state index < -0.39 is 0 Å². The molecule has 0 spiro atoms. The van der Waals surface area contributed by atoms with Gasteiger partial charge < -0.3 is 16.0 Å². The first kappa shape index (κ1) is 12.9. The van der Waals surface area contributed by atoms with Crippen molar-refractivity contribution in [1.29, 1.82) is 0 Å². The van der Waals surface area contributed by atoms with Crippen LogP contribution < -0.4 is 16.0 Å². The van der Waals surface area contributed by atoms with Crippen molar-refractivity contribution in [2.24, 2.45) is 0 Å². The van der Waals surface area contributed by atoms with Crippen LogP contribution in [0, 0.1) is 0 Å². The zero-order valence-electron chi connectivity index (χ0n) is 10.6. The zero-order valence-corrected chi connectivity index (χ0v) is 10.6. The van der Waals surface area contributed by atoms with Crippen LogP contribution in [0.25, 0.3) is 0 Å². The van der Waals surface area contributed by atoms with Crippen LogP contribution in [0.4, 0.5) is 10.5 Å². The van der Waals surface area contributed by atoms with Gasteiger partial charge in [0.25, 0.3) is 0 Å². The molecular formula is C13H20N4O. The van der Waals surface area contributed by atoms with E-state index in [-0.39, 0.29) is 6.03 Å². The molecule has 1 saturated heterocycles. The smallest absolute Gasteiger partial charge is 0.319 e. The number of rotatable bonds is 3. The molecule has 0 aromatic heterocycles. The molecule has 1 heterocycles. The van der Waals surface area contributed by atoms with E-state index in [1.54, 1.807) is 0 Å². The van der Waals surface area contributed by atoms with Crippen molar-refractivity contribution in [3.8, 4) is 0 Å². The fraction of sp³-hybridized carbons (Fsp3) is 0.462. The number of hydrogen-bond donors (Lipinski definition) is 3. The Bertz CT molecular complexity index is 382. The zero-order chi connectivity index (χ0) is 12.8. The lowest BCUT2D eigenvalue weighted by molar-refractivity contribution is 0.195. The normalized spacial score (nSPS) is 20.4. The van der Waals surface area contributed by atoms with Gasteiger partial charge in [-0.25, -0.2) is 4.79 Å². The van der Waals surface area contributed by atoms with E-state index in [0.717, 1.165) is 25.3 Å². The Kier molecular flexibility index (Phi) is 4.55. The molecule has 98 valence electrons. The Morgan fingerprint density at radius 1 is 1.44 bits per heavy atom. The summed E-state index contributed by atoms with van der Waals surface area (Å²) in [6, 6.07) is 9.66. The third-order valence-electron chi connectivity index (χ3n) is 3.17. The molecule has 1 aliphatic heterocycles. The molecule has 3 N–H and O–H groups in total. The number of para-hydroxylation sites is 1. The number of piperazine rings is 1. The summed E-state index contributed by atoms with van der Waals surface area (Å²) in [5, 5.41) is 9.03. The van der Waals surface area contributed by atoms with Crippen LogP contribution in [-0.4, -0.2) is 50.2 Å². The number of nitrogens with one attached hydrogen (secondary N) is 3. The van der Waals surface area contributed by atoms with Gasteiger partial charge >= 0.3 is 6.03 Å². The summed E-state index contributed by atoms with van der Waals surface area (Å²) in [6.07, 6.45) is 0. The molecule has 2 amide bonds. The van der Waals surface area contributed by atoms with Gasteiger partial charge in [0, 0.05) is 37.9 Å². The first-order valence-electron chi connectivity index (χ1n) is 6.26. The van der Waals surface area contributed by atoms with Gasteiger partial charge in [0.2, 0.25) is 0 Å². The lowest BCUT2D eigenvalue weighted by atomic mass is 10.2. The molecule has 0 bridgehead atoms. The van der Waals surface area contributed by atoms with Crippen molar-refractivity contribution in [1.82, 2.24) is 15.5 Å². The molecule has 0 saturated carbocycles. The average molecular weight is 248 g/mol. The highest BCUT2D eigenvalue weighted by Gasteiger charge is 2.18. The Morgan fingerprint density at radius 3 is 2.94 bits per heavy atom. The molecule has 0 radical (unpaired) electrons. The van der Waals surface area contributed by atoms with Crippen LogP contribution in [0.15, 0.2) is 30.3 Å². The van der Waals surface area contributed by atoms with Crippen molar-refractivity contribution < 1.29 is 4.79 Å². The first-order valence-corrected chi connectivity index (χ1v) is 6.26. The topological polar surface area (TPSA) is 56.4 Å². The van der Waals surface area contributed by atoms with Crippen molar-refractivity contribution in [2.75, 3.05) is 38.5 Å². The van der Waals surface area contributed by atoms with Crippen molar-refractivity contribution in [2.45, 2.75) is 6.04 Å². The predicted octanol–water partition coefficient (Wildman–Crippen LogP) is 0.712. The maximum atomic E-state index is 11.7. The van der Waals surface area contributed by atoms with E-state index in [1.807, 2.05) is 30.3 Å². The van der Waals surface area contributed by atoms with Crippen molar-refractivity contribution in [3.63, 3.8) is 0 Å². The Morgan fingerprint density at radius 2 is 2.22 bits per heavy atom. The van der Waals surface area contributed by atoms with E-state index >= 15 is 0 Å². The molecular weight excluding hydrogens is 228 g/mol. The Labute approximate surface area is 108 Å². The largest absolute Gasteiger partial charge is 0.336 e. The molecule has 0 aliphatic carbocycles. The number of likely N-dealkylation sites (N-methyl/N-ethyl adjacent to an activating group) is 1. The second-order valence-electron chi connectivity index (χ2n) is 4.54. The molecule has 1 atom stereocenters. The maximum absolute atomic E-state index is 11.7. The van der Waals surface area contributed by atoms with Crippen LogP contribution in [0.2, 0.25) is 0 Å². The van der Waals surface area contributed by atoms with Crippen LogP contribution in [-0.2, 0) is 0 Å². The molecule has 5 nitrogen and oxygen atoms in total. The number of carbonyl (C=O) groups is 1. The minimum absolute atomic E-state index is 0.153. The third kappa shape index (κ3) is 3.72. The number of urea groups is 1. The van der Waals surface area contributed by atoms with Gasteiger partial charge in [-0.3, -0.25) is 4.90 Å². The minimum Gasteiger partial charge on any atom is -0.336 e. The number of amides is 2. The third-order valence-corrected chi connectivity index (χ3v) is 3.17. The second-order valence-corrected chi connectivity index (χ2v) is 4.54. The summed E-state index contributed by atoms with van der Waals surface area (Å²) in [6.45, 7) is 3.61. The van der Waals surface area contributed by atoms with E-state index in [2.05, 4.69) is 27.9 Å². The fourth-order valence-electron chi connectivity index (χ4n) is 2.00. The minimum atomic E-state index is -0.153. The van der Waals surface area contributed by atoms with E-state index in [9.17, 15) is 4.79 Å². The van der Waals surface area contributed by atoms with Gasteiger partial charge in [0.15, 0.2) is 0 Å². The standard InChI is InChI=1S/C13H20N4O/c1-17-8-7-14-9-12(17)10-15-13(18)16-11-5-3-2-4-6-11/h2-6,12,14H,7-10H2,1H3,(H2,15,16,18). The highest BCUT2D eigenvalue weighted by atomic mass is 16.2. The van der Waals surface area contributed by atoms with Gasteiger partial charge in [-0.1, -0.05) is 18.2 Å². The molecule has 2 rings (SSSR count). The summed E-state index contributed by atoms with van der Waals surface area (Å²) in [5.41, 5.74) is 0.810. The molecule has 1 fully saturated rings. The van der Waals surface area contributed by atoms with E-state index in [1.165, 1.54) is 0 Å². The highest BCUT2D eigenvalue weighted by molar-refractivity contribution is 5.89. The quantitative estimate of drug-likeness (QED) is 0.738. The summed E-state index contributed by atoms with van der Waals surface area (Å²) >= 11 is 0. The summed E-state index contributed by atoms with van der Waals surface area (Å²) in [7, 11) is 2.09. The van der Waals surface area contributed by atoms with Gasteiger partial charge in [-0.05, 0) is 19.2 Å². The van der Waals surface area contributed by atoms with Crippen molar-refractivity contribution in [3.05, 3.63) is 30.3 Å². The first-order chi connectivity index (χ1) is 8.75. The second kappa shape index (κ2) is 6.37. The monoisotopic (exact) mass is 248 g/mol. The summed E-state index contributed by atoms with van der Waals surface area (Å²) in [5.74, 6) is 0. The van der Waals surface area contributed by atoms with Gasteiger partial charge in [0.1, 0.15) is 0 Å². The molecule has 1 aromatic carbocycles. The molecule has 5 heteroatoms. The van der Waals surface area contributed by atoms with Gasteiger partial charge in [0.05, 0.1) is 0 Å². The van der Waals surface area contributed by atoms with Crippen LogP contribution in [0.5, 0.6) is 0 Å². The number of carbonyl (C=O) groups excluding carboxylic acids is 1. The highest BCUT2D eigenvalue weighted by Crippen LogP contribution is 2.04. The van der Waals surface area contributed by atoms with Crippen LogP contribution in [0.1, 0.15) is 0 Å². The van der Waals surface area contributed by atoms with E-state index in [0.29, 0.717) is 12.6 Å². The Balaban J connectivity index is 1.74. The van der Waals surface area contributed by atoms with E-state index in [4.69, 9.17) is 0 Å². The average Bonchev–Trinajstić information content (AvgIpc) is 2.39. The summed E-state index contributed by atoms with van der Waals surface area (Å²) < 4.78 is 0. The predicted molar refractivity (Wildman–Crippen MR) is 72.8 cm³/mol. The number of benzene rings is 1. The fourth-order valence-corrected chi connectivity index (χ4v) is 2.00. The summed E-state index contributed by atoms with van der Waals surface area (Å²) in [4.78, 5) is 14.0. The van der Waals surface area contributed by atoms with Crippen LogP contribution in [0.3, 0.4) is 0 Å². The number of anilines is 1. The molecule has 1 aliphatic rings. The molecule has 1 unspecified atom stereocenters. The van der Waals surface area contributed by atoms with Gasteiger partial charge in [-0.2, -0.15) is 0 Å². The van der Waals surface area contributed by atoms with Crippen molar-refractivity contribution >= 4 is 11.7 Å². The Hall–Kier alpha value is -1.59. The lowest BCUT2D eigenvalue weighted by Crippen LogP contribution is -2.54. The molecule has 18 heavy (non-hydrogen) atoms. The van der Waals surface area contributed by atoms with Crippen LogP contribution >= 0.6 is 0 Å². The SMILES string of the molecule is CN1CCNCC1CNC(=O)Nc1ccccc1. The molecule has 1 aromatic rings. The number of nitrogens with zero attached hydrogens (tertiary/aromatic N) is 1. The lowest BCUT2D eigenvalue weighted by Gasteiger charge is -2.33. The van der Waals surface area contributed by atoms with Gasteiger partial charge in [-0.15, -0.1) is 0 Å².